The van der Waals surface area contributed by atoms with Gasteiger partial charge in [-0.1, -0.05) is 53.6 Å². The lowest BCUT2D eigenvalue weighted by atomic mass is 10.1. The fourth-order valence-electron chi connectivity index (χ4n) is 3.00. The van der Waals surface area contributed by atoms with Crippen LogP contribution >= 0.6 is 11.6 Å². The van der Waals surface area contributed by atoms with Crippen molar-refractivity contribution in [1.82, 2.24) is 4.90 Å². The van der Waals surface area contributed by atoms with Crippen LogP contribution in [-0.4, -0.2) is 35.8 Å². The first-order valence-electron chi connectivity index (χ1n) is 8.96. The maximum Gasteiger partial charge on any atom is 0.311 e. The molecule has 0 bridgehead atoms. The van der Waals surface area contributed by atoms with Crippen LogP contribution in [-0.2, 0) is 25.7 Å². The molecule has 1 heterocycles. The lowest BCUT2D eigenvalue weighted by Crippen LogP contribution is -2.28. The van der Waals surface area contributed by atoms with Crippen molar-refractivity contribution in [1.29, 1.82) is 0 Å². The Bertz CT molecular complexity index is 882. The highest BCUT2D eigenvalue weighted by molar-refractivity contribution is 6.33. The number of carbonyl (C=O) groups excluding carboxylic acids is 3. The molecule has 1 aliphatic heterocycles. The van der Waals surface area contributed by atoms with E-state index in [2.05, 4.69) is 5.32 Å². The molecule has 1 saturated heterocycles. The molecule has 1 N–H and O–H groups in total. The predicted octanol–water partition coefficient (Wildman–Crippen LogP) is 3.18. The fraction of sp³-hybridized carbons (Fsp3) is 0.286. The summed E-state index contributed by atoms with van der Waals surface area (Å²) in [7, 11) is 0. The topological polar surface area (TPSA) is 75.7 Å². The maximum atomic E-state index is 12.3. The minimum absolute atomic E-state index is 0.0941. The van der Waals surface area contributed by atoms with Gasteiger partial charge in [0, 0.05) is 19.5 Å². The average Bonchev–Trinajstić information content (AvgIpc) is 3.04. The highest BCUT2D eigenvalue weighted by Gasteiger charge is 2.35. The Kier molecular flexibility index (Phi) is 6.31. The molecule has 0 saturated carbocycles. The Labute approximate surface area is 168 Å². The molecule has 2 amide bonds. The zero-order valence-electron chi connectivity index (χ0n) is 15.5. The van der Waals surface area contributed by atoms with Gasteiger partial charge in [0.15, 0.2) is 6.61 Å². The second-order valence-electron chi connectivity index (χ2n) is 6.80. The lowest BCUT2D eigenvalue weighted by Gasteiger charge is -2.16. The van der Waals surface area contributed by atoms with E-state index in [4.69, 9.17) is 16.3 Å². The number of hydrogen-bond acceptors (Lipinski definition) is 4. The van der Waals surface area contributed by atoms with E-state index in [0.717, 1.165) is 11.1 Å². The molecule has 146 valence electrons. The minimum Gasteiger partial charge on any atom is -0.455 e. The van der Waals surface area contributed by atoms with Crippen LogP contribution < -0.4 is 5.32 Å². The molecule has 0 aromatic heterocycles. The first-order chi connectivity index (χ1) is 13.4. The Balaban J connectivity index is 1.48. The van der Waals surface area contributed by atoms with Gasteiger partial charge in [-0.15, -0.1) is 0 Å². The smallest absolute Gasteiger partial charge is 0.311 e. The molecule has 1 fully saturated rings. The van der Waals surface area contributed by atoms with Gasteiger partial charge >= 0.3 is 5.97 Å². The number of hydrogen-bond donors (Lipinski definition) is 1. The first kappa shape index (κ1) is 19.9. The van der Waals surface area contributed by atoms with Crippen LogP contribution in [0, 0.1) is 12.8 Å². The van der Waals surface area contributed by atoms with Crippen LogP contribution in [0.15, 0.2) is 48.5 Å². The number of anilines is 1. The number of rotatable bonds is 6. The number of amides is 2. The minimum atomic E-state index is -0.564. The van der Waals surface area contributed by atoms with Crippen molar-refractivity contribution in [2.45, 2.75) is 19.9 Å². The number of likely N-dealkylation sites (tertiary alicyclic amines) is 1. The van der Waals surface area contributed by atoms with Gasteiger partial charge in [-0.05, 0) is 24.6 Å². The summed E-state index contributed by atoms with van der Waals surface area (Å²) in [4.78, 5) is 38.0. The van der Waals surface area contributed by atoms with Crippen LogP contribution in [0.1, 0.15) is 17.5 Å². The van der Waals surface area contributed by atoms with Crippen molar-refractivity contribution in [2.75, 3.05) is 18.5 Å². The molecule has 3 rings (SSSR count). The maximum absolute atomic E-state index is 12.3. The van der Waals surface area contributed by atoms with Gasteiger partial charge in [0.05, 0.1) is 16.6 Å². The van der Waals surface area contributed by atoms with Gasteiger partial charge in [-0.2, -0.15) is 0 Å². The zero-order chi connectivity index (χ0) is 20.1. The van der Waals surface area contributed by atoms with Crippen molar-refractivity contribution < 1.29 is 19.1 Å². The Morgan fingerprint density at radius 2 is 1.89 bits per heavy atom. The number of nitrogens with zero attached hydrogens (tertiary/aromatic N) is 1. The van der Waals surface area contributed by atoms with Crippen molar-refractivity contribution in [3.8, 4) is 0 Å². The van der Waals surface area contributed by atoms with Crippen LogP contribution in [0.4, 0.5) is 5.69 Å². The normalized spacial score (nSPS) is 16.1. The summed E-state index contributed by atoms with van der Waals surface area (Å²) in [6, 6.07) is 14.7. The van der Waals surface area contributed by atoms with E-state index >= 15 is 0 Å². The van der Waals surface area contributed by atoms with Crippen molar-refractivity contribution in [3.63, 3.8) is 0 Å². The second kappa shape index (κ2) is 8.89. The number of carbonyl (C=O) groups is 3. The fourth-order valence-corrected chi connectivity index (χ4v) is 3.18. The quantitative estimate of drug-likeness (QED) is 0.755. The Hall–Kier alpha value is -2.86. The first-order valence-corrected chi connectivity index (χ1v) is 9.34. The van der Waals surface area contributed by atoms with Crippen LogP contribution in [0.2, 0.25) is 5.02 Å². The summed E-state index contributed by atoms with van der Waals surface area (Å²) in [6.45, 7) is 2.32. The molecule has 1 atom stereocenters. The third-order valence-corrected chi connectivity index (χ3v) is 4.86. The average molecular weight is 401 g/mol. The number of para-hydroxylation sites is 1. The van der Waals surface area contributed by atoms with Crippen LogP contribution in [0.25, 0.3) is 0 Å². The highest BCUT2D eigenvalue weighted by atomic mass is 35.5. The van der Waals surface area contributed by atoms with E-state index in [9.17, 15) is 14.4 Å². The van der Waals surface area contributed by atoms with Crippen molar-refractivity contribution >= 4 is 35.1 Å². The number of ether oxygens (including phenoxy) is 1. The molecule has 7 heteroatoms. The van der Waals surface area contributed by atoms with E-state index in [1.165, 1.54) is 0 Å². The molecule has 0 aliphatic carbocycles. The molecule has 28 heavy (non-hydrogen) atoms. The summed E-state index contributed by atoms with van der Waals surface area (Å²) >= 11 is 5.98. The molecule has 0 radical (unpaired) electrons. The van der Waals surface area contributed by atoms with E-state index in [0.29, 0.717) is 17.3 Å². The molecule has 0 unspecified atom stereocenters. The predicted molar refractivity (Wildman–Crippen MR) is 106 cm³/mol. The standard InChI is InChI=1S/C21H21ClN2O4/c1-14-6-8-15(9-7-14)11-24-12-16(10-20(24)26)21(27)28-13-19(25)23-18-5-3-2-4-17(18)22/h2-9,16H,10-13H2,1H3,(H,23,25)/t16-/m0/s1. The lowest BCUT2D eigenvalue weighted by molar-refractivity contribution is -0.151. The van der Waals surface area contributed by atoms with E-state index in [-0.39, 0.29) is 18.9 Å². The summed E-state index contributed by atoms with van der Waals surface area (Å²) in [6.07, 6.45) is 0.0941. The summed E-state index contributed by atoms with van der Waals surface area (Å²) in [5.74, 6) is -1.69. The molecule has 0 spiro atoms. The highest BCUT2D eigenvalue weighted by Crippen LogP contribution is 2.22. The largest absolute Gasteiger partial charge is 0.455 e. The van der Waals surface area contributed by atoms with E-state index in [1.807, 2.05) is 31.2 Å². The number of nitrogens with one attached hydrogen (secondary N) is 1. The number of esters is 1. The number of aryl methyl sites for hydroxylation is 1. The van der Waals surface area contributed by atoms with E-state index in [1.54, 1.807) is 29.2 Å². The van der Waals surface area contributed by atoms with Gasteiger partial charge in [-0.3, -0.25) is 14.4 Å². The third kappa shape index (κ3) is 5.10. The van der Waals surface area contributed by atoms with Gasteiger partial charge < -0.3 is 15.0 Å². The molecule has 6 nitrogen and oxygen atoms in total. The van der Waals surface area contributed by atoms with Crippen LogP contribution in [0.5, 0.6) is 0 Å². The Morgan fingerprint density at radius 1 is 1.18 bits per heavy atom. The van der Waals surface area contributed by atoms with Gasteiger partial charge in [0.25, 0.3) is 5.91 Å². The number of halogens is 1. The zero-order valence-corrected chi connectivity index (χ0v) is 16.2. The molecule has 2 aromatic carbocycles. The van der Waals surface area contributed by atoms with Gasteiger partial charge in [0.2, 0.25) is 5.91 Å². The van der Waals surface area contributed by atoms with Gasteiger partial charge in [-0.25, -0.2) is 0 Å². The van der Waals surface area contributed by atoms with E-state index < -0.39 is 24.4 Å². The Morgan fingerprint density at radius 3 is 2.61 bits per heavy atom. The molecular weight excluding hydrogens is 380 g/mol. The summed E-state index contributed by atoms with van der Waals surface area (Å²) in [5, 5.41) is 2.98. The number of benzene rings is 2. The van der Waals surface area contributed by atoms with Crippen LogP contribution in [0.3, 0.4) is 0 Å². The van der Waals surface area contributed by atoms with Crippen molar-refractivity contribution in [3.05, 3.63) is 64.7 Å². The monoisotopic (exact) mass is 400 g/mol. The second-order valence-corrected chi connectivity index (χ2v) is 7.20. The van der Waals surface area contributed by atoms with Gasteiger partial charge in [0.1, 0.15) is 0 Å². The molecule has 1 aliphatic rings. The molecule has 2 aromatic rings. The SMILES string of the molecule is Cc1ccc(CN2C[C@@H](C(=O)OCC(=O)Nc3ccccc3Cl)CC2=O)cc1. The molecular formula is C21H21ClN2O4. The van der Waals surface area contributed by atoms with Crippen molar-refractivity contribution in [2.24, 2.45) is 5.92 Å². The summed E-state index contributed by atoms with van der Waals surface area (Å²) < 4.78 is 5.09. The summed E-state index contributed by atoms with van der Waals surface area (Å²) in [5.41, 5.74) is 2.60. The third-order valence-electron chi connectivity index (χ3n) is 4.54.